The maximum Gasteiger partial charge on any atom is 0.337 e. The summed E-state index contributed by atoms with van der Waals surface area (Å²) in [5, 5.41) is 13.7. The highest BCUT2D eigenvalue weighted by Gasteiger charge is 2.31. The normalized spacial score (nSPS) is 20.4. The van der Waals surface area contributed by atoms with Gasteiger partial charge in [0.15, 0.2) is 11.5 Å². The second-order valence-electron chi connectivity index (χ2n) is 6.49. The summed E-state index contributed by atoms with van der Waals surface area (Å²) >= 11 is 1.20. The number of fused-ring (bicyclic) bond motifs is 1. The van der Waals surface area contributed by atoms with E-state index >= 15 is 0 Å². The molecule has 2 aromatic rings. The molecule has 0 aliphatic carbocycles. The SMILES string of the molecule is CCOC(=O)C1=C(CSc2nnc(C3COc4ccccc4O3)o2)NC(=O)NC1C. The number of thioether (sulfide) groups is 1. The van der Waals surface area contributed by atoms with Crippen LogP contribution in [0.3, 0.4) is 0 Å². The molecule has 1 aromatic heterocycles. The van der Waals surface area contributed by atoms with Gasteiger partial charge in [0, 0.05) is 11.4 Å². The molecule has 0 bridgehead atoms. The predicted molar refractivity (Wildman–Crippen MR) is 105 cm³/mol. The molecule has 1 aromatic carbocycles. The molecule has 0 saturated carbocycles. The van der Waals surface area contributed by atoms with E-state index in [9.17, 15) is 9.59 Å². The number of carbonyl (C=O) groups excluding carboxylic acids is 2. The first-order valence-corrected chi connectivity index (χ1v) is 10.4. The Kier molecular flexibility index (Phi) is 5.79. The Labute approximate surface area is 176 Å². The quantitative estimate of drug-likeness (QED) is 0.522. The Bertz CT molecular complexity index is 991. The van der Waals surface area contributed by atoms with Crippen molar-refractivity contribution < 1.29 is 28.2 Å². The monoisotopic (exact) mass is 432 g/mol. The second kappa shape index (κ2) is 8.66. The fourth-order valence-electron chi connectivity index (χ4n) is 3.08. The predicted octanol–water partition coefficient (Wildman–Crippen LogP) is 2.19. The highest BCUT2D eigenvalue weighted by atomic mass is 32.2. The number of amides is 2. The molecular formula is C19H20N4O6S. The fourth-order valence-corrected chi connectivity index (χ4v) is 3.82. The molecule has 2 aliphatic rings. The molecule has 0 fully saturated rings. The van der Waals surface area contributed by atoms with Crippen molar-refractivity contribution >= 4 is 23.8 Å². The zero-order valence-corrected chi connectivity index (χ0v) is 17.2. The van der Waals surface area contributed by atoms with Gasteiger partial charge in [-0.05, 0) is 26.0 Å². The van der Waals surface area contributed by atoms with Crippen LogP contribution in [-0.2, 0) is 9.53 Å². The van der Waals surface area contributed by atoms with E-state index in [-0.39, 0.29) is 36.1 Å². The number of carbonyl (C=O) groups is 2. The van der Waals surface area contributed by atoms with Crippen LogP contribution < -0.4 is 20.1 Å². The van der Waals surface area contributed by atoms with Gasteiger partial charge in [0.2, 0.25) is 6.10 Å². The van der Waals surface area contributed by atoms with E-state index in [1.165, 1.54) is 11.8 Å². The van der Waals surface area contributed by atoms with Gasteiger partial charge in [0.05, 0.1) is 18.2 Å². The van der Waals surface area contributed by atoms with Crippen LogP contribution in [0.4, 0.5) is 4.79 Å². The third kappa shape index (κ3) is 4.20. The molecule has 30 heavy (non-hydrogen) atoms. The highest BCUT2D eigenvalue weighted by Crippen LogP contribution is 2.36. The van der Waals surface area contributed by atoms with Crippen LogP contribution in [0.15, 0.2) is 45.2 Å². The summed E-state index contributed by atoms with van der Waals surface area (Å²) in [6, 6.07) is 6.48. The molecule has 2 N–H and O–H groups in total. The van der Waals surface area contributed by atoms with Gasteiger partial charge < -0.3 is 29.3 Å². The van der Waals surface area contributed by atoms with Crippen molar-refractivity contribution in [2.75, 3.05) is 19.0 Å². The number of nitrogens with one attached hydrogen (secondary N) is 2. The summed E-state index contributed by atoms with van der Waals surface area (Å²) in [6.45, 7) is 3.93. The lowest BCUT2D eigenvalue weighted by Crippen LogP contribution is -2.49. The van der Waals surface area contributed by atoms with Gasteiger partial charge in [-0.1, -0.05) is 23.9 Å². The topological polar surface area (TPSA) is 125 Å². The average molecular weight is 432 g/mol. The van der Waals surface area contributed by atoms with E-state index in [1.807, 2.05) is 18.2 Å². The zero-order chi connectivity index (χ0) is 21.1. The third-order valence-electron chi connectivity index (χ3n) is 4.41. The number of esters is 1. The summed E-state index contributed by atoms with van der Waals surface area (Å²) in [7, 11) is 0. The maximum absolute atomic E-state index is 12.3. The Hall–Kier alpha value is -3.21. The minimum absolute atomic E-state index is 0.239. The molecule has 10 nitrogen and oxygen atoms in total. The van der Waals surface area contributed by atoms with E-state index < -0.39 is 18.1 Å². The molecule has 2 unspecified atom stereocenters. The van der Waals surface area contributed by atoms with Crippen molar-refractivity contribution in [2.45, 2.75) is 31.2 Å². The standard InChI is InChI=1S/C19H20N4O6S/c1-3-26-17(24)15-10(2)20-18(25)21-11(15)9-30-19-23-22-16(29-19)14-8-27-12-6-4-5-7-13(12)28-14/h4-7,10,14H,3,8-9H2,1-2H3,(H2,20,21,25). The Balaban J connectivity index is 1.45. The molecule has 0 radical (unpaired) electrons. The molecule has 4 rings (SSSR count). The summed E-state index contributed by atoms with van der Waals surface area (Å²) in [6.07, 6.45) is -0.519. The van der Waals surface area contributed by atoms with Crippen molar-refractivity contribution in [3.8, 4) is 11.5 Å². The van der Waals surface area contributed by atoms with Crippen molar-refractivity contribution in [1.82, 2.24) is 20.8 Å². The van der Waals surface area contributed by atoms with Crippen LogP contribution >= 0.6 is 11.8 Å². The fraction of sp³-hybridized carbons (Fsp3) is 0.368. The molecule has 3 heterocycles. The van der Waals surface area contributed by atoms with Crippen molar-refractivity contribution in [3.63, 3.8) is 0 Å². The van der Waals surface area contributed by atoms with Gasteiger partial charge >= 0.3 is 12.0 Å². The number of para-hydroxylation sites is 2. The van der Waals surface area contributed by atoms with Gasteiger partial charge in [-0.25, -0.2) is 9.59 Å². The van der Waals surface area contributed by atoms with Crippen molar-refractivity contribution in [3.05, 3.63) is 41.4 Å². The number of urea groups is 1. The van der Waals surface area contributed by atoms with E-state index in [0.717, 1.165) is 0 Å². The molecule has 2 amide bonds. The van der Waals surface area contributed by atoms with Crippen LogP contribution in [0.25, 0.3) is 0 Å². The lowest BCUT2D eigenvalue weighted by molar-refractivity contribution is -0.138. The Morgan fingerprint density at radius 1 is 1.30 bits per heavy atom. The van der Waals surface area contributed by atoms with E-state index in [0.29, 0.717) is 22.8 Å². The first-order chi connectivity index (χ1) is 14.5. The summed E-state index contributed by atoms with van der Waals surface area (Å²) in [4.78, 5) is 24.1. The number of nitrogens with zero attached hydrogens (tertiary/aromatic N) is 2. The van der Waals surface area contributed by atoms with Crippen LogP contribution in [0.1, 0.15) is 25.8 Å². The smallest absolute Gasteiger partial charge is 0.337 e. The summed E-state index contributed by atoms with van der Waals surface area (Å²) in [5.41, 5.74) is 0.810. The van der Waals surface area contributed by atoms with Crippen LogP contribution in [0, 0.1) is 0 Å². The van der Waals surface area contributed by atoms with E-state index in [2.05, 4.69) is 20.8 Å². The minimum atomic E-state index is -0.519. The maximum atomic E-state index is 12.3. The first-order valence-electron chi connectivity index (χ1n) is 9.37. The number of rotatable bonds is 6. The molecule has 11 heteroatoms. The second-order valence-corrected chi connectivity index (χ2v) is 7.42. The Morgan fingerprint density at radius 2 is 2.10 bits per heavy atom. The summed E-state index contributed by atoms with van der Waals surface area (Å²) < 4.78 is 22.3. The van der Waals surface area contributed by atoms with Crippen molar-refractivity contribution in [2.24, 2.45) is 0 Å². The lowest BCUT2D eigenvalue weighted by Gasteiger charge is -2.26. The molecule has 2 atom stereocenters. The van der Waals surface area contributed by atoms with Crippen molar-refractivity contribution in [1.29, 1.82) is 0 Å². The molecule has 0 spiro atoms. The number of aromatic nitrogens is 2. The third-order valence-corrected chi connectivity index (χ3v) is 5.26. The number of hydrogen-bond donors (Lipinski definition) is 2. The van der Waals surface area contributed by atoms with Gasteiger partial charge in [-0.15, -0.1) is 10.2 Å². The molecule has 158 valence electrons. The first kappa shape index (κ1) is 20.1. The van der Waals surface area contributed by atoms with E-state index in [4.69, 9.17) is 18.6 Å². The minimum Gasteiger partial charge on any atom is -0.485 e. The van der Waals surface area contributed by atoms with Gasteiger partial charge in [-0.2, -0.15) is 0 Å². The van der Waals surface area contributed by atoms with Gasteiger partial charge in [0.25, 0.3) is 11.1 Å². The lowest BCUT2D eigenvalue weighted by atomic mass is 10.1. The van der Waals surface area contributed by atoms with E-state index in [1.54, 1.807) is 19.9 Å². The van der Waals surface area contributed by atoms with Crippen LogP contribution in [0.2, 0.25) is 0 Å². The number of hydrogen-bond acceptors (Lipinski definition) is 9. The average Bonchev–Trinajstić information content (AvgIpc) is 3.20. The van der Waals surface area contributed by atoms with Crippen LogP contribution in [-0.4, -0.2) is 47.2 Å². The zero-order valence-electron chi connectivity index (χ0n) is 16.3. The van der Waals surface area contributed by atoms with Gasteiger partial charge in [-0.3, -0.25) is 0 Å². The summed E-state index contributed by atoms with van der Waals surface area (Å²) in [5.74, 6) is 1.33. The molecule has 2 aliphatic heterocycles. The van der Waals surface area contributed by atoms with Crippen LogP contribution in [0.5, 0.6) is 11.5 Å². The molecular weight excluding hydrogens is 412 g/mol. The number of ether oxygens (including phenoxy) is 3. The Morgan fingerprint density at radius 3 is 2.90 bits per heavy atom. The van der Waals surface area contributed by atoms with Gasteiger partial charge in [0.1, 0.15) is 6.61 Å². The highest BCUT2D eigenvalue weighted by molar-refractivity contribution is 7.99. The number of benzene rings is 1. The largest absolute Gasteiger partial charge is 0.485 e. The molecule has 0 saturated heterocycles.